The van der Waals surface area contributed by atoms with Crippen LogP contribution in [0.25, 0.3) is 16.6 Å². The minimum atomic E-state index is -0.423. The molecule has 0 atom stereocenters. The number of nitrogens with zero attached hydrogens (tertiary/aromatic N) is 3. The van der Waals surface area contributed by atoms with Crippen LogP contribution in [-0.2, 0) is 7.05 Å². The summed E-state index contributed by atoms with van der Waals surface area (Å²) in [5.41, 5.74) is 2.37. The third-order valence-electron chi connectivity index (χ3n) is 4.48. The van der Waals surface area contributed by atoms with E-state index in [0.29, 0.717) is 11.1 Å². The van der Waals surface area contributed by atoms with Crippen molar-refractivity contribution in [1.29, 1.82) is 0 Å². The lowest BCUT2D eigenvalue weighted by Gasteiger charge is -2.07. The molecule has 7 nitrogen and oxygen atoms in total. The van der Waals surface area contributed by atoms with Crippen LogP contribution >= 0.6 is 0 Å². The highest BCUT2D eigenvalue weighted by Crippen LogP contribution is 2.18. The molecule has 0 saturated heterocycles. The first-order chi connectivity index (χ1) is 12.6. The van der Waals surface area contributed by atoms with Crippen molar-refractivity contribution >= 4 is 22.5 Å². The molecule has 0 saturated carbocycles. The number of nitrogens with one attached hydrogen (secondary N) is 2. The van der Waals surface area contributed by atoms with Gasteiger partial charge in [-0.05, 0) is 25.1 Å². The summed E-state index contributed by atoms with van der Waals surface area (Å²) >= 11 is 0. The SMILES string of the molecule is Cc1c(NC(=O)c2n[nH]c3ccccc23)c(=O)n(-c2ccccc2)n1C. The number of para-hydroxylation sites is 2. The third-order valence-corrected chi connectivity index (χ3v) is 4.48. The van der Waals surface area contributed by atoms with E-state index in [1.165, 1.54) is 4.68 Å². The quantitative estimate of drug-likeness (QED) is 0.597. The van der Waals surface area contributed by atoms with Gasteiger partial charge in [0.2, 0.25) is 0 Å². The molecule has 0 aliphatic heterocycles. The Morgan fingerprint density at radius 2 is 1.77 bits per heavy atom. The molecule has 4 aromatic rings. The van der Waals surface area contributed by atoms with Crippen LogP contribution in [0, 0.1) is 6.92 Å². The van der Waals surface area contributed by atoms with Crippen molar-refractivity contribution < 1.29 is 4.79 Å². The van der Waals surface area contributed by atoms with Crippen LogP contribution in [0.2, 0.25) is 0 Å². The van der Waals surface area contributed by atoms with Crippen molar-refractivity contribution in [1.82, 2.24) is 19.6 Å². The van der Waals surface area contributed by atoms with E-state index in [1.807, 2.05) is 54.6 Å². The summed E-state index contributed by atoms with van der Waals surface area (Å²) in [6, 6.07) is 16.6. The van der Waals surface area contributed by atoms with Crippen LogP contribution in [0.5, 0.6) is 0 Å². The van der Waals surface area contributed by atoms with Gasteiger partial charge < -0.3 is 5.32 Å². The largest absolute Gasteiger partial charge is 0.314 e. The first-order valence-electron chi connectivity index (χ1n) is 8.16. The molecule has 0 unspecified atom stereocenters. The standard InChI is InChI=1S/C19H17N5O2/c1-12-16(19(26)24(23(12)2)13-8-4-3-5-9-13)20-18(25)17-14-10-6-7-11-15(14)21-22-17/h3-11H,1-2H3,(H,20,25)(H,21,22). The Hall–Kier alpha value is -3.61. The molecule has 7 heteroatoms. The molecule has 0 radical (unpaired) electrons. The summed E-state index contributed by atoms with van der Waals surface area (Å²) in [6.45, 7) is 1.79. The number of rotatable bonds is 3. The van der Waals surface area contributed by atoms with E-state index in [-0.39, 0.29) is 16.9 Å². The number of hydrogen-bond donors (Lipinski definition) is 2. The molecule has 1 amide bonds. The third kappa shape index (κ3) is 2.41. The molecular formula is C19H17N5O2. The van der Waals surface area contributed by atoms with Crippen molar-refractivity contribution in [2.45, 2.75) is 6.92 Å². The predicted octanol–water partition coefficient (Wildman–Crippen LogP) is 2.61. The first-order valence-corrected chi connectivity index (χ1v) is 8.16. The normalized spacial score (nSPS) is 11.0. The van der Waals surface area contributed by atoms with E-state index >= 15 is 0 Å². The molecule has 2 heterocycles. The van der Waals surface area contributed by atoms with E-state index in [2.05, 4.69) is 15.5 Å². The monoisotopic (exact) mass is 347 g/mol. The second-order valence-electron chi connectivity index (χ2n) is 6.01. The van der Waals surface area contributed by atoms with Gasteiger partial charge in [0.05, 0.1) is 16.9 Å². The summed E-state index contributed by atoms with van der Waals surface area (Å²) in [6.07, 6.45) is 0. The highest BCUT2D eigenvalue weighted by Gasteiger charge is 2.21. The van der Waals surface area contributed by atoms with E-state index in [4.69, 9.17) is 0 Å². The number of hydrogen-bond acceptors (Lipinski definition) is 3. The summed E-state index contributed by atoms with van der Waals surface area (Å²) < 4.78 is 3.24. The fraction of sp³-hybridized carbons (Fsp3) is 0.105. The molecule has 0 bridgehead atoms. The van der Waals surface area contributed by atoms with Crippen molar-refractivity contribution in [2.24, 2.45) is 7.05 Å². The number of anilines is 1. The van der Waals surface area contributed by atoms with Crippen molar-refractivity contribution in [3.8, 4) is 5.69 Å². The summed E-state index contributed by atoms with van der Waals surface area (Å²) in [5.74, 6) is -0.423. The molecule has 0 fully saturated rings. The highest BCUT2D eigenvalue weighted by molar-refractivity contribution is 6.11. The van der Waals surface area contributed by atoms with Gasteiger partial charge in [-0.2, -0.15) is 5.10 Å². The van der Waals surface area contributed by atoms with Crippen molar-refractivity contribution in [2.75, 3.05) is 5.32 Å². The van der Waals surface area contributed by atoms with Gasteiger partial charge in [-0.1, -0.05) is 36.4 Å². The van der Waals surface area contributed by atoms with E-state index in [9.17, 15) is 9.59 Å². The lowest BCUT2D eigenvalue weighted by Crippen LogP contribution is -2.23. The Morgan fingerprint density at radius 1 is 1.08 bits per heavy atom. The molecule has 2 aromatic heterocycles. The van der Waals surface area contributed by atoms with Crippen LogP contribution in [-0.4, -0.2) is 25.5 Å². The predicted molar refractivity (Wildman–Crippen MR) is 99.8 cm³/mol. The van der Waals surface area contributed by atoms with Crippen LogP contribution in [0.1, 0.15) is 16.2 Å². The van der Waals surface area contributed by atoms with Crippen molar-refractivity contribution in [3.05, 3.63) is 76.3 Å². The number of H-pyrrole nitrogens is 1. The van der Waals surface area contributed by atoms with Crippen LogP contribution in [0.4, 0.5) is 5.69 Å². The van der Waals surface area contributed by atoms with E-state index in [0.717, 1.165) is 11.2 Å². The van der Waals surface area contributed by atoms with Gasteiger partial charge in [-0.3, -0.25) is 19.4 Å². The zero-order chi connectivity index (χ0) is 18.3. The molecule has 2 aromatic carbocycles. The lowest BCUT2D eigenvalue weighted by atomic mass is 10.2. The second kappa shape index (κ2) is 6.03. The number of carbonyl (C=O) groups excluding carboxylic acids is 1. The van der Waals surface area contributed by atoms with Crippen LogP contribution in [0.15, 0.2) is 59.4 Å². The molecule has 0 aliphatic carbocycles. The topological polar surface area (TPSA) is 84.7 Å². The van der Waals surface area contributed by atoms with Gasteiger partial charge in [0.25, 0.3) is 11.5 Å². The molecule has 0 aliphatic rings. The van der Waals surface area contributed by atoms with Gasteiger partial charge in [-0.15, -0.1) is 0 Å². The lowest BCUT2D eigenvalue weighted by molar-refractivity contribution is 0.102. The zero-order valence-corrected chi connectivity index (χ0v) is 14.4. The maximum absolute atomic E-state index is 12.9. The van der Waals surface area contributed by atoms with Gasteiger partial charge >= 0.3 is 0 Å². The molecule has 130 valence electrons. The molecule has 0 spiro atoms. The van der Waals surface area contributed by atoms with E-state index < -0.39 is 5.91 Å². The van der Waals surface area contributed by atoms with Gasteiger partial charge in [0.15, 0.2) is 5.69 Å². The number of amides is 1. The zero-order valence-electron chi connectivity index (χ0n) is 14.4. The van der Waals surface area contributed by atoms with Crippen molar-refractivity contribution in [3.63, 3.8) is 0 Å². The molecule has 2 N–H and O–H groups in total. The minimum absolute atomic E-state index is 0.244. The van der Waals surface area contributed by atoms with Crippen LogP contribution < -0.4 is 10.9 Å². The molecule has 26 heavy (non-hydrogen) atoms. The number of aromatic amines is 1. The average Bonchev–Trinajstić information content (AvgIpc) is 3.18. The fourth-order valence-corrected chi connectivity index (χ4v) is 3.02. The fourth-order valence-electron chi connectivity index (χ4n) is 3.02. The number of benzene rings is 2. The first kappa shape index (κ1) is 15.9. The number of fused-ring (bicyclic) bond motifs is 1. The Kier molecular flexibility index (Phi) is 3.69. The molecule has 4 rings (SSSR count). The number of carbonyl (C=O) groups is 1. The Morgan fingerprint density at radius 3 is 2.54 bits per heavy atom. The van der Waals surface area contributed by atoms with Gasteiger partial charge in [-0.25, -0.2) is 4.68 Å². The molecular weight excluding hydrogens is 330 g/mol. The maximum atomic E-state index is 12.9. The summed E-state index contributed by atoms with van der Waals surface area (Å²) in [4.78, 5) is 25.6. The Labute approximate surface area is 148 Å². The minimum Gasteiger partial charge on any atom is -0.314 e. The maximum Gasteiger partial charge on any atom is 0.295 e. The highest BCUT2D eigenvalue weighted by atomic mass is 16.2. The van der Waals surface area contributed by atoms with Crippen LogP contribution in [0.3, 0.4) is 0 Å². The Bertz CT molecular complexity index is 1170. The van der Waals surface area contributed by atoms with Gasteiger partial charge in [0.1, 0.15) is 5.69 Å². The smallest absolute Gasteiger partial charge is 0.295 e. The average molecular weight is 347 g/mol. The summed E-state index contributed by atoms with van der Waals surface area (Å²) in [5, 5.41) is 10.4. The summed E-state index contributed by atoms with van der Waals surface area (Å²) in [7, 11) is 1.78. The second-order valence-corrected chi connectivity index (χ2v) is 6.01. The van der Waals surface area contributed by atoms with E-state index in [1.54, 1.807) is 18.7 Å². The Balaban J connectivity index is 1.75. The van der Waals surface area contributed by atoms with Gasteiger partial charge in [0, 0.05) is 12.4 Å². The number of aromatic nitrogens is 4.